The molecule has 2 aromatic rings. The Labute approximate surface area is 128 Å². The number of nitrogens with zero attached hydrogens (tertiary/aromatic N) is 1. The molecule has 1 N–H and O–H groups in total. The summed E-state index contributed by atoms with van der Waals surface area (Å²) >= 11 is 0. The van der Waals surface area contributed by atoms with Gasteiger partial charge in [-0.2, -0.15) is 0 Å². The van der Waals surface area contributed by atoms with Crippen LogP contribution in [0.25, 0.3) is 0 Å². The SMILES string of the molecule is CCN(CC(=O)Nc1c(F)cccc1F)c1cccc(C)c1. The number of anilines is 2. The molecule has 0 aliphatic rings. The van der Waals surface area contributed by atoms with Crippen LogP contribution in [0.15, 0.2) is 42.5 Å². The molecule has 116 valence electrons. The molecule has 0 saturated heterocycles. The van der Waals surface area contributed by atoms with Crippen LogP contribution in [0.1, 0.15) is 12.5 Å². The van der Waals surface area contributed by atoms with E-state index < -0.39 is 23.2 Å². The van der Waals surface area contributed by atoms with Gasteiger partial charge in [-0.3, -0.25) is 4.79 Å². The minimum absolute atomic E-state index is 0.0216. The average Bonchev–Trinajstić information content (AvgIpc) is 2.48. The molecule has 0 atom stereocenters. The molecule has 0 unspecified atom stereocenters. The van der Waals surface area contributed by atoms with Crippen molar-refractivity contribution in [3.05, 3.63) is 59.7 Å². The van der Waals surface area contributed by atoms with Gasteiger partial charge in [-0.15, -0.1) is 0 Å². The maximum atomic E-state index is 13.5. The summed E-state index contributed by atoms with van der Waals surface area (Å²) < 4.78 is 27.1. The number of para-hydroxylation sites is 1. The van der Waals surface area contributed by atoms with E-state index in [9.17, 15) is 13.6 Å². The van der Waals surface area contributed by atoms with Crippen LogP contribution in [-0.4, -0.2) is 19.0 Å². The second kappa shape index (κ2) is 7.02. The quantitative estimate of drug-likeness (QED) is 0.912. The average molecular weight is 304 g/mol. The van der Waals surface area contributed by atoms with Crippen LogP contribution in [0, 0.1) is 18.6 Å². The monoisotopic (exact) mass is 304 g/mol. The van der Waals surface area contributed by atoms with Crippen LogP contribution in [-0.2, 0) is 4.79 Å². The van der Waals surface area contributed by atoms with E-state index >= 15 is 0 Å². The van der Waals surface area contributed by atoms with Gasteiger partial charge in [0.25, 0.3) is 0 Å². The highest BCUT2D eigenvalue weighted by molar-refractivity contribution is 5.94. The summed E-state index contributed by atoms with van der Waals surface area (Å²) in [5.41, 5.74) is 1.57. The Morgan fingerprint density at radius 1 is 1.14 bits per heavy atom. The van der Waals surface area contributed by atoms with Crippen LogP contribution >= 0.6 is 0 Å². The van der Waals surface area contributed by atoms with Crippen LogP contribution in [0.3, 0.4) is 0 Å². The van der Waals surface area contributed by atoms with E-state index in [0.717, 1.165) is 23.4 Å². The Bertz CT molecular complexity index is 653. The molecule has 0 heterocycles. The Hall–Kier alpha value is -2.43. The predicted octanol–water partition coefficient (Wildman–Crippen LogP) is 3.74. The van der Waals surface area contributed by atoms with Crippen molar-refractivity contribution in [2.45, 2.75) is 13.8 Å². The van der Waals surface area contributed by atoms with E-state index in [-0.39, 0.29) is 6.54 Å². The highest BCUT2D eigenvalue weighted by Crippen LogP contribution is 2.19. The lowest BCUT2D eigenvalue weighted by Gasteiger charge is -2.23. The van der Waals surface area contributed by atoms with E-state index in [1.54, 1.807) is 0 Å². The van der Waals surface area contributed by atoms with Crippen LogP contribution in [0.5, 0.6) is 0 Å². The number of nitrogens with one attached hydrogen (secondary N) is 1. The standard InChI is InChI=1S/C17H18F2N2O/c1-3-21(13-7-4-6-12(2)10-13)11-16(22)20-17-14(18)8-5-9-15(17)19/h4-10H,3,11H2,1-2H3,(H,20,22). The first-order valence-corrected chi connectivity index (χ1v) is 7.06. The molecule has 3 nitrogen and oxygen atoms in total. The van der Waals surface area contributed by atoms with Crippen molar-refractivity contribution < 1.29 is 13.6 Å². The summed E-state index contributed by atoms with van der Waals surface area (Å²) in [4.78, 5) is 13.9. The fourth-order valence-electron chi connectivity index (χ4n) is 2.18. The lowest BCUT2D eigenvalue weighted by molar-refractivity contribution is -0.115. The number of benzene rings is 2. The summed E-state index contributed by atoms with van der Waals surface area (Å²) in [6.07, 6.45) is 0. The second-order valence-corrected chi connectivity index (χ2v) is 5.00. The molecule has 0 aromatic heterocycles. The van der Waals surface area contributed by atoms with Gasteiger partial charge in [0.2, 0.25) is 5.91 Å². The maximum absolute atomic E-state index is 13.5. The zero-order valence-corrected chi connectivity index (χ0v) is 12.6. The van der Waals surface area contributed by atoms with E-state index in [4.69, 9.17) is 0 Å². The number of carbonyl (C=O) groups excluding carboxylic acids is 1. The Morgan fingerprint density at radius 3 is 2.36 bits per heavy atom. The van der Waals surface area contributed by atoms with Crippen molar-refractivity contribution in [3.63, 3.8) is 0 Å². The molecule has 1 amide bonds. The van der Waals surface area contributed by atoms with Crippen molar-refractivity contribution in [1.29, 1.82) is 0 Å². The largest absolute Gasteiger partial charge is 0.362 e. The van der Waals surface area contributed by atoms with E-state index in [2.05, 4.69) is 5.32 Å². The van der Waals surface area contributed by atoms with Gasteiger partial charge in [0.05, 0.1) is 6.54 Å². The van der Waals surface area contributed by atoms with Crippen molar-refractivity contribution in [1.82, 2.24) is 0 Å². The lowest BCUT2D eigenvalue weighted by atomic mass is 10.2. The molecule has 0 fully saturated rings. The highest BCUT2D eigenvalue weighted by Gasteiger charge is 2.14. The molecular weight excluding hydrogens is 286 g/mol. The molecule has 0 saturated carbocycles. The Kier molecular flexibility index (Phi) is 5.09. The van der Waals surface area contributed by atoms with Crippen LogP contribution < -0.4 is 10.2 Å². The van der Waals surface area contributed by atoms with Crippen molar-refractivity contribution in [2.24, 2.45) is 0 Å². The molecule has 2 aromatic carbocycles. The summed E-state index contributed by atoms with van der Waals surface area (Å²) in [5.74, 6) is -2.04. The normalized spacial score (nSPS) is 10.4. The van der Waals surface area contributed by atoms with Gasteiger partial charge in [-0.1, -0.05) is 18.2 Å². The molecule has 0 bridgehead atoms. The minimum Gasteiger partial charge on any atom is -0.362 e. The van der Waals surface area contributed by atoms with Crippen LogP contribution in [0.4, 0.5) is 20.2 Å². The third-order valence-electron chi connectivity index (χ3n) is 3.31. The van der Waals surface area contributed by atoms with E-state index in [1.807, 2.05) is 43.0 Å². The number of hydrogen-bond donors (Lipinski definition) is 1. The summed E-state index contributed by atoms with van der Waals surface area (Å²) in [7, 11) is 0. The fraction of sp³-hybridized carbons (Fsp3) is 0.235. The number of halogens is 2. The van der Waals surface area contributed by atoms with Gasteiger partial charge in [0.1, 0.15) is 17.3 Å². The van der Waals surface area contributed by atoms with Gasteiger partial charge >= 0.3 is 0 Å². The van der Waals surface area contributed by atoms with Gasteiger partial charge in [-0.25, -0.2) is 8.78 Å². The second-order valence-electron chi connectivity index (χ2n) is 5.00. The first-order valence-electron chi connectivity index (χ1n) is 7.06. The summed E-state index contributed by atoms with van der Waals surface area (Å²) in [6, 6.07) is 11.2. The topological polar surface area (TPSA) is 32.3 Å². The van der Waals surface area contributed by atoms with Gasteiger partial charge in [0, 0.05) is 12.2 Å². The van der Waals surface area contributed by atoms with E-state index in [1.165, 1.54) is 6.07 Å². The maximum Gasteiger partial charge on any atom is 0.244 e. The number of rotatable bonds is 5. The summed E-state index contributed by atoms with van der Waals surface area (Å²) in [5, 5.41) is 2.30. The van der Waals surface area contributed by atoms with Gasteiger partial charge in [-0.05, 0) is 43.7 Å². The molecule has 22 heavy (non-hydrogen) atoms. The highest BCUT2D eigenvalue weighted by atomic mass is 19.1. The van der Waals surface area contributed by atoms with Crippen molar-refractivity contribution in [2.75, 3.05) is 23.3 Å². The smallest absolute Gasteiger partial charge is 0.244 e. The molecule has 0 aliphatic heterocycles. The van der Waals surface area contributed by atoms with Gasteiger partial charge < -0.3 is 10.2 Å². The molecule has 0 radical (unpaired) electrons. The zero-order chi connectivity index (χ0) is 16.1. The Balaban J connectivity index is 2.10. The summed E-state index contributed by atoms with van der Waals surface area (Å²) in [6.45, 7) is 4.51. The Morgan fingerprint density at radius 2 is 1.77 bits per heavy atom. The predicted molar refractivity (Wildman–Crippen MR) is 84.1 cm³/mol. The molecule has 2 rings (SSSR count). The third-order valence-corrected chi connectivity index (χ3v) is 3.31. The first kappa shape index (κ1) is 15.9. The first-order chi connectivity index (χ1) is 10.5. The van der Waals surface area contributed by atoms with Gasteiger partial charge in [0.15, 0.2) is 0 Å². The molecular formula is C17H18F2N2O. The molecule has 0 aliphatic carbocycles. The lowest BCUT2D eigenvalue weighted by Crippen LogP contribution is -2.33. The number of likely N-dealkylation sites (N-methyl/N-ethyl adjacent to an activating group) is 1. The number of carbonyl (C=O) groups is 1. The number of hydrogen-bond acceptors (Lipinski definition) is 2. The minimum atomic E-state index is -0.785. The zero-order valence-electron chi connectivity index (χ0n) is 12.6. The molecule has 0 spiro atoms. The fourth-order valence-corrected chi connectivity index (χ4v) is 2.18. The number of aryl methyl sites for hydroxylation is 1. The van der Waals surface area contributed by atoms with Crippen molar-refractivity contribution in [3.8, 4) is 0 Å². The molecule has 5 heteroatoms. The van der Waals surface area contributed by atoms with Crippen molar-refractivity contribution >= 4 is 17.3 Å². The number of amides is 1. The third kappa shape index (κ3) is 3.81. The van der Waals surface area contributed by atoms with E-state index in [0.29, 0.717) is 6.54 Å². The van der Waals surface area contributed by atoms with Crippen LogP contribution in [0.2, 0.25) is 0 Å².